The Kier molecular flexibility index (Phi) is 5.24. The van der Waals surface area contributed by atoms with Gasteiger partial charge in [-0.2, -0.15) is 0 Å². The van der Waals surface area contributed by atoms with E-state index in [1.54, 1.807) is 31.4 Å². The Morgan fingerprint density at radius 1 is 1.09 bits per heavy atom. The number of ether oxygens (including phenoxy) is 1. The van der Waals surface area contributed by atoms with Gasteiger partial charge in [0.1, 0.15) is 5.75 Å². The quantitative estimate of drug-likeness (QED) is 0.676. The summed E-state index contributed by atoms with van der Waals surface area (Å²) >= 11 is 9.62. The number of Topliss-reactive ketones (excluding diaryl/α,β-unsaturated/α-hetero) is 1. The molecular formula is C18H17ClO2S2. The van der Waals surface area contributed by atoms with Crippen LogP contribution in [-0.4, -0.2) is 24.4 Å². The second kappa shape index (κ2) is 7.20. The van der Waals surface area contributed by atoms with Gasteiger partial charge in [-0.15, -0.1) is 23.5 Å². The topological polar surface area (TPSA) is 26.3 Å². The molecule has 1 fully saturated rings. The van der Waals surface area contributed by atoms with Crippen LogP contribution < -0.4 is 4.74 Å². The molecule has 2 aromatic rings. The van der Waals surface area contributed by atoms with Crippen LogP contribution in [0.25, 0.3) is 0 Å². The van der Waals surface area contributed by atoms with E-state index in [-0.39, 0.29) is 9.86 Å². The molecule has 0 amide bonds. The summed E-state index contributed by atoms with van der Waals surface area (Å²) in [5, 5.41) is 0.649. The molecule has 2 nitrogen and oxygen atoms in total. The van der Waals surface area contributed by atoms with E-state index in [0.29, 0.717) is 11.4 Å². The van der Waals surface area contributed by atoms with E-state index in [9.17, 15) is 4.79 Å². The summed E-state index contributed by atoms with van der Waals surface area (Å²) < 4.78 is 5.03. The molecule has 2 aromatic carbocycles. The number of rotatable bonds is 5. The number of thioether (sulfide) groups is 2. The minimum Gasteiger partial charge on any atom is -0.497 e. The molecule has 5 heteroatoms. The second-order valence-corrected chi connectivity index (χ2v) is 8.77. The van der Waals surface area contributed by atoms with E-state index in [1.807, 2.05) is 35.7 Å². The molecule has 1 aliphatic heterocycles. The van der Waals surface area contributed by atoms with Gasteiger partial charge >= 0.3 is 0 Å². The maximum atomic E-state index is 12.7. The number of carbonyl (C=O) groups is 1. The Morgan fingerprint density at radius 2 is 1.70 bits per heavy atom. The number of hydrogen-bond acceptors (Lipinski definition) is 4. The Balaban J connectivity index is 1.85. The van der Waals surface area contributed by atoms with E-state index >= 15 is 0 Å². The predicted molar refractivity (Wildman–Crippen MR) is 100.0 cm³/mol. The van der Waals surface area contributed by atoms with Gasteiger partial charge in [0.2, 0.25) is 0 Å². The number of ketones is 1. The average molecular weight is 365 g/mol. The van der Waals surface area contributed by atoms with Crippen molar-refractivity contribution in [3.05, 3.63) is 64.7 Å². The van der Waals surface area contributed by atoms with Crippen molar-refractivity contribution in [2.45, 2.75) is 10.5 Å². The fraction of sp³-hybridized carbons (Fsp3) is 0.278. The molecule has 0 N–H and O–H groups in total. The zero-order valence-electron chi connectivity index (χ0n) is 12.8. The molecule has 0 aromatic heterocycles. The van der Waals surface area contributed by atoms with Crippen molar-refractivity contribution in [3.8, 4) is 5.75 Å². The summed E-state index contributed by atoms with van der Waals surface area (Å²) in [6.07, 6.45) is 0.482. The molecule has 23 heavy (non-hydrogen) atoms. The lowest BCUT2D eigenvalue weighted by molar-refractivity contribution is 0.0979. The Morgan fingerprint density at radius 3 is 2.26 bits per heavy atom. The van der Waals surface area contributed by atoms with Crippen LogP contribution in [0.3, 0.4) is 0 Å². The SMILES string of the molecule is COc1ccc(C2(CC(=O)c3ccc(Cl)cc3)SCCS2)cc1. The molecule has 0 atom stereocenters. The fourth-order valence-corrected chi connectivity index (χ4v) is 5.98. The number of carbonyl (C=O) groups excluding carboxylic acids is 1. The number of benzene rings is 2. The highest BCUT2D eigenvalue weighted by Gasteiger charge is 2.39. The smallest absolute Gasteiger partial charge is 0.165 e. The molecule has 0 spiro atoms. The van der Waals surface area contributed by atoms with E-state index in [4.69, 9.17) is 16.3 Å². The van der Waals surface area contributed by atoms with Crippen LogP contribution >= 0.6 is 35.1 Å². The summed E-state index contributed by atoms with van der Waals surface area (Å²) in [5.74, 6) is 3.11. The van der Waals surface area contributed by atoms with E-state index in [1.165, 1.54) is 5.56 Å². The third-order valence-electron chi connectivity index (χ3n) is 3.84. The maximum absolute atomic E-state index is 12.7. The van der Waals surface area contributed by atoms with E-state index in [2.05, 4.69) is 12.1 Å². The summed E-state index contributed by atoms with van der Waals surface area (Å²) in [6.45, 7) is 0. The van der Waals surface area contributed by atoms with Crippen molar-refractivity contribution < 1.29 is 9.53 Å². The lowest BCUT2D eigenvalue weighted by Gasteiger charge is -2.27. The molecule has 1 aliphatic rings. The van der Waals surface area contributed by atoms with Crippen LogP contribution in [0.2, 0.25) is 5.02 Å². The van der Waals surface area contributed by atoms with Crippen LogP contribution in [-0.2, 0) is 4.08 Å². The number of halogens is 1. The van der Waals surface area contributed by atoms with Crippen molar-refractivity contribution in [2.24, 2.45) is 0 Å². The molecule has 0 saturated carbocycles. The van der Waals surface area contributed by atoms with Crippen molar-refractivity contribution >= 4 is 40.9 Å². The Bertz CT molecular complexity index is 677. The summed E-state index contributed by atoms with van der Waals surface area (Å²) in [4.78, 5) is 12.7. The molecule has 1 heterocycles. The van der Waals surface area contributed by atoms with Gasteiger partial charge in [-0.1, -0.05) is 23.7 Å². The lowest BCUT2D eigenvalue weighted by atomic mass is 10.0. The zero-order valence-corrected chi connectivity index (χ0v) is 15.1. The van der Waals surface area contributed by atoms with Crippen LogP contribution in [0.1, 0.15) is 22.3 Å². The van der Waals surface area contributed by atoms with Gasteiger partial charge in [-0.05, 0) is 42.0 Å². The van der Waals surface area contributed by atoms with E-state index in [0.717, 1.165) is 22.8 Å². The first kappa shape index (κ1) is 16.7. The molecule has 0 unspecified atom stereocenters. The van der Waals surface area contributed by atoms with Gasteiger partial charge in [0.25, 0.3) is 0 Å². The third kappa shape index (κ3) is 3.70. The normalized spacial score (nSPS) is 16.3. The van der Waals surface area contributed by atoms with Crippen LogP contribution in [0, 0.1) is 0 Å². The summed E-state index contributed by atoms with van der Waals surface area (Å²) in [5.41, 5.74) is 1.89. The first-order valence-electron chi connectivity index (χ1n) is 7.34. The van der Waals surface area contributed by atoms with Crippen LogP contribution in [0.15, 0.2) is 48.5 Å². The minimum absolute atomic E-state index is 0.152. The Labute approximate surface area is 149 Å². The van der Waals surface area contributed by atoms with Crippen LogP contribution in [0.4, 0.5) is 0 Å². The number of methoxy groups -OCH3 is 1. The molecule has 0 bridgehead atoms. The highest BCUT2D eigenvalue weighted by molar-refractivity contribution is 8.20. The molecular weight excluding hydrogens is 348 g/mol. The highest BCUT2D eigenvalue weighted by Crippen LogP contribution is 2.54. The lowest BCUT2D eigenvalue weighted by Crippen LogP contribution is -2.20. The number of hydrogen-bond donors (Lipinski definition) is 0. The van der Waals surface area contributed by atoms with Crippen LogP contribution in [0.5, 0.6) is 5.75 Å². The van der Waals surface area contributed by atoms with Gasteiger partial charge in [-0.3, -0.25) is 4.79 Å². The first-order valence-corrected chi connectivity index (χ1v) is 9.69. The maximum Gasteiger partial charge on any atom is 0.165 e. The molecule has 0 radical (unpaired) electrons. The predicted octanol–water partition coefficient (Wildman–Crippen LogP) is 5.25. The standard InChI is InChI=1S/C18H17ClO2S2/c1-21-16-8-4-14(5-9-16)18(22-10-11-23-18)12-17(20)13-2-6-15(19)7-3-13/h2-9H,10-12H2,1H3. The monoisotopic (exact) mass is 364 g/mol. The molecule has 3 rings (SSSR count). The largest absolute Gasteiger partial charge is 0.497 e. The fourth-order valence-electron chi connectivity index (χ4n) is 2.62. The minimum atomic E-state index is -0.205. The first-order chi connectivity index (χ1) is 11.1. The molecule has 1 saturated heterocycles. The van der Waals surface area contributed by atoms with Gasteiger partial charge in [0, 0.05) is 28.5 Å². The van der Waals surface area contributed by atoms with E-state index < -0.39 is 0 Å². The average Bonchev–Trinajstić information content (AvgIpc) is 3.05. The van der Waals surface area contributed by atoms with Crippen molar-refractivity contribution in [3.63, 3.8) is 0 Å². The van der Waals surface area contributed by atoms with Gasteiger partial charge < -0.3 is 4.74 Å². The molecule has 0 aliphatic carbocycles. The summed E-state index contributed by atoms with van der Waals surface area (Å²) in [6, 6.07) is 15.2. The Hall–Kier alpha value is -1.10. The van der Waals surface area contributed by atoms with Gasteiger partial charge in [-0.25, -0.2) is 0 Å². The summed E-state index contributed by atoms with van der Waals surface area (Å²) in [7, 11) is 1.66. The second-order valence-electron chi connectivity index (χ2n) is 5.29. The molecule has 120 valence electrons. The van der Waals surface area contributed by atoms with Gasteiger partial charge in [0.15, 0.2) is 5.78 Å². The van der Waals surface area contributed by atoms with Crippen molar-refractivity contribution in [1.82, 2.24) is 0 Å². The third-order valence-corrected chi connectivity index (χ3v) is 7.57. The van der Waals surface area contributed by atoms with Crippen molar-refractivity contribution in [2.75, 3.05) is 18.6 Å². The highest BCUT2D eigenvalue weighted by atomic mass is 35.5. The zero-order chi connectivity index (χ0) is 16.3. The van der Waals surface area contributed by atoms with Gasteiger partial charge in [0.05, 0.1) is 11.2 Å². The van der Waals surface area contributed by atoms with Crippen molar-refractivity contribution in [1.29, 1.82) is 0 Å².